The predicted octanol–water partition coefficient (Wildman–Crippen LogP) is 1.94. The molecule has 3 rings (SSSR count). The Morgan fingerprint density at radius 1 is 1.19 bits per heavy atom. The summed E-state index contributed by atoms with van der Waals surface area (Å²) in [7, 11) is 1.94. The third kappa shape index (κ3) is 4.11. The summed E-state index contributed by atoms with van der Waals surface area (Å²) in [6.45, 7) is 4.54. The van der Waals surface area contributed by atoms with E-state index in [1.54, 1.807) is 4.90 Å². The van der Waals surface area contributed by atoms with Crippen LogP contribution in [0.4, 0.5) is 0 Å². The number of aliphatic hydroxyl groups is 2. The summed E-state index contributed by atoms with van der Waals surface area (Å²) in [5.41, 5.74) is 0.919. The van der Waals surface area contributed by atoms with Crippen LogP contribution in [0.1, 0.15) is 43.2 Å². The summed E-state index contributed by atoms with van der Waals surface area (Å²) in [6.07, 6.45) is 4.53. The number of carbonyl (C=O) groups is 1. The molecule has 0 aromatic heterocycles. The van der Waals surface area contributed by atoms with Gasteiger partial charge in [0.05, 0.1) is 0 Å². The first-order valence-electron chi connectivity index (χ1n) is 9.73. The van der Waals surface area contributed by atoms with Gasteiger partial charge in [-0.3, -0.25) is 4.79 Å². The van der Waals surface area contributed by atoms with Crippen molar-refractivity contribution in [3.63, 3.8) is 0 Å². The highest BCUT2D eigenvalue weighted by Crippen LogP contribution is 2.41. The van der Waals surface area contributed by atoms with Crippen molar-refractivity contribution in [2.45, 2.75) is 51.2 Å². The molecule has 1 aliphatic carbocycles. The van der Waals surface area contributed by atoms with E-state index in [0.29, 0.717) is 26.1 Å². The highest BCUT2D eigenvalue weighted by Gasteiger charge is 2.44. The molecule has 1 amide bonds. The summed E-state index contributed by atoms with van der Waals surface area (Å²) in [6, 6.07) is 8.17. The lowest BCUT2D eigenvalue weighted by Crippen LogP contribution is -2.59. The van der Waals surface area contributed by atoms with Gasteiger partial charge in [-0.25, -0.2) is 0 Å². The zero-order valence-electron chi connectivity index (χ0n) is 16.1. The van der Waals surface area contributed by atoms with E-state index in [1.807, 2.05) is 37.1 Å². The summed E-state index contributed by atoms with van der Waals surface area (Å²) in [4.78, 5) is 16.8. The molecule has 1 unspecified atom stereocenters. The number of aliphatic hydroxyl groups excluding tert-OH is 1. The first-order chi connectivity index (χ1) is 12.4. The number of nitrogens with zero attached hydrogens (tertiary/aromatic N) is 2. The van der Waals surface area contributed by atoms with Gasteiger partial charge in [-0.2, -0.15) is 0 Å². The van der Waals surface area contributed by atoms with Crippen molar-refractivity contribution in [1.29, 1.82) is 0 Å². The van der Waals surface area contributed by atoms with Crippen molar-refractivity contribution in [3.05, 3.63) is 35.4 Å². The van der Waals surface area contributed by atoms with E-state index in [9.17, 15) is 15.0 Å². The third-order valence-corrected chi connectivity index (χ3v) is 6.05. The molecule has 1 atom stereocenters. The lowest BCUT2D eigenvalue weighted by molar-refractivity contribution is -0.160. The molecule has 144 valence electrons. The number of likely N-dealkylation sites (tertiary alicyclic amines) is 1. The summed E-state index contributed by atoms with van der Waals surface area (Å²) in [5, 5.41) is 20.7. The highest BCUT2D eigenvalue weighted by atomic mass is 16.3. The highest BCUT2D eigenvalue weighted by molar-refractivity contribution is 5.86. The normalized spacial score (nSPS) is 25.4. The van der Waals surface area contributed by atoms with E-state index in [4.69, 9.17) is 0 Å². The van der Waals surface area contributed by atoms with Gasteiger partial charge >= 0.3 is 0 Å². The molecule has 26 heavy (non-hydrogen) atoms. The largest absolute Gasteiger partial charge is 0.396 e. The molecule has 1 saturated carbocycles. The maximum absolute atomic E-state index is 13.0. The lowest BCUT2D eigenvalue weighted by atomic mass is 9.69. The molecule has 1 heterocycles. The number of benzene rings is 1. The van der Waals surface area contributed by atoms with Crippen LogP contribution < -0.4 is 0 Å². The van der Waals surface area contributed by atoms with Gasteiger partial charge in [-0.15, -0.1) is 0 Å². The number of likely N-dealkylation sites (N-methyl/N-ethyl adjacent to an activating group) is 1. The van der Waals surface area contributed by atoms with Gasteiger partial charge in [0.2, 0.25) is 0 Å². The van der Waals surface area contributed by atoms with E-state index < -0.39 is 5.60 Å². The van der Waals surface area contributed by atoms with Crippen molar-refractivity contribution in [1.82, 2.24) is 9.80 Å². The topological polar surface area (TPSA) is 64.0 Å². The van der Waals surface area contributed by atoms with Crippen LogP contribution in [0, 0.1) is 12.3 Å². The van der Waals surface area contributed by atoms with Crippen molar-refractivity contribution in [2.75, 3.05) is 33.3 Å². The molecule has 1 aromatic carbocycles. The molecule has 5 nitrogen and oxygen atoms in total. The lowest BCUT2D eigenvalue weighted by Gasteiger charge is -2.45. The van der Waals surface area contributed by atoms with Gasteiger partial charge in [0, 0.05) is 38.2 Å². The molecule has 1 saturated heterocycles. The Hall–Kier alpha value is -1.43. The Kier molecular flexibility index (Phi) is 5.70. The Morgan fingerprint density at radius 2 is 1.96 bits per heavy atom. The number of hydrogen-bond donors (Lipinski definition) is 2. The van der Waals surface area contributed by atoms with Crippen molar-refractivity contribution >= 4 is 5.91 Å². The molecule has 1 aromatic rings. The number of rotatable bonds is 7. The second-order valence-electron chi connectivity index (χ2n) is 8.53. The van der Waals surface area contributed by atoms with Crippen molar-refractivity contribution in [2.24, 2.45) is 5.41 Å². The van der Waals surface area contributed by atoms with E-state index in [0.717, 1.165) is 37.8 Å². The van der Waals surface area contributed by atoms with Crippen LogP contribution in [0.3, 0.4) is 0 Å². The zero-order chi connectivity index (χ0) is 18.8. The summed E-state index contributed by atoms with van der Waals surface area (Å²) in [5.74, 6) is -0.163. The van der Waals surface area contributed by atoms with Crippen LogP contribution in [0.15, 0.2) is 24.3 Å². The third-order valence-electron chi connectivity index (χ3n) is 6.05. The van der Waals surface area contributed by atoms with Crippen molar-refractivity contribution < 1.29 is 15.0 Å². The minimum absolute atomic E-state index is 0.0376. The van der Waals surface area contributed by atoms with Gasteiger partial charge in [0.15, 0.2) is 5.60 Å². The number of piperidine rings is 1. The standard InChI is InChI=1S/C21H32N2O3/c1-17-6-3-7-18(12-17)13-23-11-5-10-21(26,19(23)25)15-22(2)14-20(16-24)8-4-9-20/h3,6-7,12,24,26H,4-5,8-11,13-16H2,1-2H3. The van der Waals surface area contributed by atoms with Crippen LogP contribution in [-0.2, 0) is 11.3 Å². The van der Waals surface area contributed by atoms with Crippen LogP contribution in [0.2, 0.25) is 0 Å². The fourth-order valence-electron chi connectivity index (χ4n) is 4.51. The maximum Gasteiger partial charge on any atom is 0.256 e. The van der Waals surface area contributed by atoms with E-state index >= 15 is 0 Å². The Bertz CT molecular complexity index is 638. The van der Waals surface area contributed by atoms with E-state index in [2.05, 4.69) is 6.07 Å². The Morgan fingerprint density at radius 3 is 2.58 bits per heavy atom. The molecule has 0 radical (unpaired) electrons. The Balaban J connectivity index is 1.63. The molecule has 5 heteroatoms. The smallest absolute Gasteiger partial charge is 0.256 e. The zero-order valence-corrected chi connectivity index (χ0v) is 16.1. The van der Waals surface area contributed by atoms with Crippen LogP contribution in [0.25, 0.3) is 0 Å². The maximum atomic E-state index is 13.0. The number of hydrogen-bond acceptors (Lipinski definition) is 4. The fourth-order valence-corrected chi connectivity index (χ4v) is 4.51. The molecule has 1 aliphatic heterocycles. The fraction of sp³-hybridized carbons (Fsp3) is 0.667. The monoisotopic (exact) mass is 360 g/mol. The first kappa shape index (κ1) is 19.3. The minimum atomic E-state index is -1.32. The second-order valence-corrected chi connectivity index (χ2v) is 8.53. The molecular weight excluding hydrogens is 328 g/mol. The molecular formula is C21H32N2O3. The van der Waals surface area contributed by atoms with Crippen LogP contribution in [-0.4, -0.2) is 64.8 Å². The van der Waals surface area contributed by atoms with Gasteiger partial charge < -0.3 is 20.0 Å². The minimum Gasteiger partial charge on any atom is -0.396 e. The number of amides is 1. The van der Waals surface area contributed by atoms with Crippen molar-refractivity contribution in [3.8, 4) is 0 Å². The summed E-state index contributed by atoms with van der Waals surface area (Å²) >= 11 is 0. The molecule has 0 spiro atoms. The predicted molar refractivity (Wildman–Crippen MR) is 102 cm³/mol. The Labute approximate surface area is 156 Å². The van der Waals surface area contributed by atoms with Gasteiger partial charge in [-0.05, 0) is 45.2 Å². The first-order valence-corrected chi connectivity index (χ1v) is 9.73. The quantitative estimate of drug-likeness (QED) is 0.780. The molecule has 2 fully saturated rings. The van der Waals surface area contributed by atoms with Gasteiger partial charge in [-0.1, -0.05) is 36.2 Å². The van der Waals surface area contributed by atoms with E-state index in [-0.39, 0.29) is 17.9 Å². The van der Waals surface area contributed by atoms with Crippen LogP contribution in [0.5, 0.6) is 0 Å². The molecule has 0 bridgehead atoms. The molecule has 2 aliphatic rings. The van der Waals surface area contributed by atoms with Gasteiger partial charge in [0.1, 0.15) is 0 Å². The SMILES string of the molecule is Cc1cccc(CN2CCCC(O)(CN(C)CC3(CO)CCC3)C2=O)c1. The number of aryl methyl sites for hydroxylation is 1. The second kappa shape index (κ2) is 7.67. The average Bonchev–Trinajstić information content (AvgIpc) is 2.55. The summed E-state index contributed by atoms with van der Waals surface area (Å²) < 4.78 is 0. The van der Waals surface area contributed by atoms with Crippen LogP contribution >= 0.6 is 0 Å². The van der Waals surface area contributed by atoms with Gasteiger partial charge in [0.25, 0.3) is 5.91 Å². The van der Waals surface area contributed by atoms with E-state index in [1.165, 1.54) is 5.56 Å². The molecule has 2 N–H and O–H groups in total. The average molecular weight is 360 g/mol. The number of carbonyl (C=O) groups excluding carboxylic acids is 1.